The van der Waals surface area contributed by atoms with Gasteiger partial charge < -0.3 is 20.3 Å². The first-order valence-electron chi connectivity index (χ1n) is 12.1. The number of amides is 1. The van der Waals surface area contributed by atoms with Crippen molar-refractivity contribution in [3.8, 4) is 0 Å². The summed E-state index contributed by atoms with van der Waals surface area (Å²) in [6.45, 7) is 3.18. The van der Waals surface area contributed by atoms with Crippen LogP contribution in [-0.4, -0.2) is 66.9 Å². The Balaban J connectivity index is 1.33. The molecule has 0 bridgehead atoms. The van der Waals surface area contributed by atoms with Crippen LogP contribution in [0.3, 0.4) is 0 Å². The number of anilines is 1. The molecule has 6 rings (SSSR count). The molecule has 2 saturated heterocycles. The minimum atomic E-state index is -0.776. The quantitative estimate of drug-likeness (QED) is 0.459. The average Bonchev–Trinajstić information content (AvgIpc) is 3.45. The Hall–Kier alpha value is -3.92. The van der Waals surface area contributed by atoms with Crippen molar-refractivity contribution in [3.63, 3.8) is 0 Å². The Morgan fingerprint density at radius 1 is 1.19 bits per heavy atom. The van der Waals surface area contributed by atoms with E-state index in [9.17, 15) is 14.3 Å². The van der Waals surface area contributed by atoms with Gasteiger partial charge in [0.1, 0.15) is 28.9 Å². The van der Waals surface area contributed by atoms with E-state index in [0.29, 0.717) is 36.5 Å². The molecule has 36 heavy (non-hydrogen) atoms. The molecule has 0 aliphatic carbocycles. The number of carbonyl (C=O) groups is 1. The monoisotopic (exact) mass is 487 g/mol. The predicted molar refractivity (Wildman–Crippen MR) is 133 cm³/mol. The van der Waals surface area contributed by atoms with Gasteiger partial charge in [-0.1, -0.05) is 18.2 Å². The molecule has 3 aromatic heterocycles. The van der Waals surface area contributed by atoms with Gasteiger partial charge in [0.2, 0.25) is 0 Å². The second-order valence-electron chi connectivity index (χ2n) is 9.56. The molecular weight excluding hydrogens is 461 g/mol. The highest BCUT2D eigenvalue weighted by atomic mass is 19.1. The lowest BCUT2D eigenvalue weighted by molar-refractivity contribution is 0.0600. The topological polar surface area (TPSA) is 111 Å². The third kappa shape index (κ3) is 3.78. The lowest BCUT2D eigenvalue weighted by Gasteiger charge is -2.34. The van der Waals surface area contributed by atoms with E-state index in [2.05, 4.69) is 4.98 Å². The van der Waals surface area contributed by atoms with Gasteiger partial charge in [0.05, 0.1) is 30.5 Å². The molecule has 9 nitrogen and oxygen atoms in total. The van der Waals surface area contributed by atoms with E-state index in [4.69, 9.17) is 15.5 Å². The maximum Gasteiger partial charge on any atom is 0.273 e. The number of aliphatic hydroxyl groups is 1. The van der Waals surface area contributed by atoms with Crippen molar-refractivity contribution in [2.45, 2.75) is 38.3 Å². The summed E-state index contributed by atoms with van der Waals surface area (Å²) >= 11 is 0. The van der Waals surface area contributed by atoms with E-state index in [1.807, 2.05) is 24.1 Å². The number of nitrogens with one attached hydrogen (secondary N) is 1. The summed E-state index contributed by atoms with van der Waals surface area (Å²) in [5.41, 5.74) is 2.96. The molecule has 2 aliphatic rings. The molecule has 0 radical (unpaired) electrons. The zero-order chi connectivity index (χ0) is 25.0. The Morgan fingerprint density at radius 3 is 2.86 bits per heavy atom. The number of hydrogen-bond acceptors (Lipinski definition) is 7. The van der Waals surface area contributed by atoms with Crippen LogP contribution in [0.5, 0.6) is 0 Å². The summed E-state index contributed by atoms with van der Waals surface area (Å²) in [4.78, 5) is 26.3. The zero-order valence-corrected chi connectivity index (χ0v) is 19.9. The number of carbonyl (C=O) groups excluding carboxylic acids is 1. The summed E-state index contributed by atoms with van der Waals surface area (Å²) in [6.07, 6.45) is 3.72. The van der Waals surface area contributed by atoms with E-state index < -0.39 is 11.9 Å². The maximum atomic E-state index is 14.3. The van der Waals surface area contributed by atoms with Crippen LogP contribution in [0.15, 0.2) is 42.6 Å². The first-order chi connectivity index (χ1) is 17.4. The van der Waals surface area contributed by atoms with Gasteiger partial charge in [-0.05, 0) is 38.3 Å². The number of fused-ring (bicyclic) bond motifs is 2. The van der Waals surface area contributed by atoms with Crippen molar-refractivity contribution in [1.29, 1.82) is 5.41 Å². The highest BCUT2D eigenvalue weighted by Gasteiger charge is 2.32. The summed E-state index contributed by atoms with van der Waals surface area (Å²) in [6, 6.07) is 9.78. The Kier molecular flexibility index (Phi) is 5.40. The van der Waals surface area contributed by atoms with Crippen LogP contribution in [-0.2, 0) is 0 Å². The Bertz CT molecular complexity index is 1520. The molecule has 0 spiro atoms. The number of aromatic nitrogens is 4. The summed E-state index contributed by atoms with van der Waals surface area (Å²) in [5, 5.41) is 23.3. The number of aryl methyl sites for hydroxylation is 1. The van der Waals surface area contributed by atoms with E-state index in [1.165, 1.54) is 6.07 Å². The fourth-order valence-electron chi connectivity index (χ4n) is 5.22. The van der Waals surface area contributed by atoms with Gasteiger partial charge in [-0.2, -0.15) is 5.10 Å². The molecule has 1 amide bonds. The number of hydrogen-bond donors (Lipinski definition) is 2. The number of rotatable bonds is 3. The number of para-hydroxylation sites is 1. The first kappa shape index (κ1) is 22.5. The normalized spacial score (nSPS) is 20.6. The number of halogens is 1. The van der Waals surface area contributed by atoms with Crippen LogP contribution in [0.25, 0.3) is 16.6 Å². The van der Waals surface area contributed by atoms with Gasteiger partial charge in [0.25, 0.3) is 5.91 Å². The fourth-order valence-corrected chi connectivity index (χ4v) is 5.22. The third-order valence-electron chi connectivity index (χ3n) is 7.08. The minimum absolute atomic E-state index is 0.192. The van der Waals surface area contributed by atoms with Crippen molar-refractivity contribution in [3.05, 3.63) is 65.4 Å². The van der Waals surface area contributed by atoms with Gasteiger partial charge in [0, 0.05) is 29.8 Å². The van der Waals surface area contributed by atoms with Gasteiger partial charge in [-0.15, -0.1) is 0 Å². The SMILES string of the molecule is Cc1cn2nc([C@@H]3CCCCN3C(=O)c3ccc4cccc(F)c4n3)cc2nc1N1CC(=N)[C@@H](O)C1. The summed E-state index contributed by atoms with van der Waals surface area (Å²) in [5.74, 6) is 0.0288. The first-order valence-corrected chi connectivity index (χ1v) is 12.1. The number of nitrogens with zero attached hydrogens (tertiary/aromatic N) is 6. The number of benzene rings is 1. The average molecular weight is 488 g/mol. The van der Waals surface area contributed by atoms with Crippen LogP contribution in [0.4, 0.5) is 10.2 Å². The second kappa shape index (κ2) is 8.63. The number of aliphatic hydroxyl groups excluding tert-OH is 1. The fraction of sp³-hybridized carbons (Fsp3) is 0.346. The summed E-state index contributed by atoms with van der Waals surface area (Å²) < 4.78 is 16.0. The van der Waals surface area contributed by atoms with E-state index in [-0.39, 0.29) is 28.9 Å². The zero-order valence-electron chi connectivity index (χ0n) is 19.9. The highest BCUT2D eigenvalue weighted by Crippen LogP contribution is 2.33. The molecule has 4 aromatic rings. The molecule has 10 heteroatoms. The lowest BCUT2D eigenvalue weighted by atomic mass is 9.98. The van der Waals surface area contributed by atoms with Gasteiger partial charge in [-0.3, -0.25) is 4.79 Å². The maximum absolute atomic E-state index is 14.3. The van der Waals surface area contributed by atoms with Crippen molar-refractivity contribution < 1.29 is 14.3 Å². The van der Waals surface area contributed by atoms with Gasteiger partial charge >= 0.3 is 0 Å². The third-order valence-corrected chi connectivity index (χ3v) is 7.08. The smallest absolute Gasteiger partial charge is 0.273 e. The molecule has 184 valence electrons. The van der Waals surface area contributed by atoms with Gasteiger partial charge in [-0.25, -0.2) is 18.9 Å². The molecule has 2 aliphatic heterocycles. The molecule has 5 heterocycles. The van der Waals surface area contributed by atoms with Gasteiger partial charge in [0.15, 0.2) is 5.65 Å². The number of piperidine rings is 1. The second-order valence-corrected chi connectivity index (χ2v) is 9.56. The van der Waals surface area contributed by atoms with Crippen LogP contribution in [0.1, 0.15) is 47.1 Å². The number of β-amino-alcohol motifs (C(OH)–C–C–N with tert-alkyl or cyclic N) is 1. The van der Waals surface area contributed by atoms with Crippen LogP contribution >= 0.6 is 0 Å². The highest BCUT2D eigenvalue weighted by molar-refractivity contribution is 5.95. The molecule has 1 aromatic carbocycles. The predicted octanol–water partition coefficient (Wildman–Crippen LogP) is 3.29. The molecule has 2 N–H and O–H groups in total. The van der Waals surface area contributed by atoms with Crippen molar-refractivity contribution in [1.82, 2.24) is 24.5 Å². The van der Waals surface area contributed by atoms with E-state index in [1.54, 1.807) is 33.7 Å². The van der Waals surface area contributed by atoms with Crippen LogP contribution in [0.2, 0.25) is 0 Å². The Morgan fingerprint density at radius 2 is 2.06 bits per heavy atom. The van der Waals surface area contributed by atoms with Crippen molar-refractivity contribution in [2.24, 2.45) is 0 Å². The number of likely N-dealkylation sites (tertiary alicyclic amines) is 1. The summed E-state index contributed by atoms with van der Waals surface area (Å²) in [7, 11) is 0. The van der Waals surface area contributed by atoms with Crippen LogP contribution in [0, 0.1) is 18.2 Å². The standard InChI is InChI=1S/C26H26FN7O2/c1-15-12-34-23(30-25(15)32-13-18(28)22(35)14-32)11-20(31-34)21-7-2-3-10-33(21)26(36)19-9-8-16-5-4-6-17(27)24(16)29-19/h4-6,8-9,11-12,21-22,28,35H,2-3,7,10,13-14H2,1H3/t21-,22-/m0/s1. The van der Waals surface area contributed by atoms with Crippen molar-refractivity contribution in [2.75, 3.05) is 24.5 Å². The van der Waals surface area contributed by atoms with E-state index >= 15 is 0 Å². The molecule has 0 unspecified atom stereocenters. The number of pyridine rings is 1. The molecule has 2 atom stereocenters. The molecular formula is C26H26FN7O2. The van der Waals surface area contributed by atoms with E-state index in [0.717, 1.165) is 30.5 Å². The lowest BCUT2D eigenvalue weighted by Crippen LogP contribution is -2.39. The molecule has 2 fully saturated rings. The molecule has 0 saturated carbocycles. The minimum Gasteiger partial charge on any atom is -0.385 e. The largest absolute Gasteiger partial charge is 0.385 e. The van der Waals surface area contributed by atoms with Crippen molar-refractivity contribution >= 4 is 34.0 Å². The Labute approximate surface area is 206 Å². The van der Waals surface area contributed by atoms with Crippen LogP contribution < -0.4 is 4.90 Å².